The van der Waals surface area contributed by atoms with E-state index in [0.29, 0.717) is 33.6 Å². The van der Waals surface area contributed by atoms with Crippen LogP contribution in [0, 0.1) is 0 Å². The third kappa shape index (κ3) is 5.26. The number of anilines is 3. The number of furan rings is 2. The fourth-order valence-corrected chi connectivity index (χ4v) is 6.72. The number of fused-ring (bicyclic) bond motifs is 5. The fourth-order valence-electron chi connectivity index (χ4n) is 6.72. The molecule has 8 rings (SSSR count). The van der Waals surface area contributed by atoms with Crippen LogP contribution in [-0.2, 0) is 10.8 Å². The Morgan fingerprint density at radius 3 is 1.57 bits per heavy atom. The SMILES string of the molecule is CC(C)(C)c1ccc(N(c2ccc(C(C)(C)C)cc2)c2ccc3c(c2)oc2cc(C=C4C(=O)c5cc6ccccc6cc5C4=O)oc23)cc1. The van der Waals surface area contributed by atoms with Gasteiger partial charge in [-0.1, -0.05) is 90.1 Å². The monoisotopic (exact) mass is 643 g/mol. The van der Waals surface area contributed by atoms with Crippen LogP contribution in [-0.4, -0.2) is 11.6 Å². The lowest BCUT2D eigenvalue weighted by Gasteiger charge is -2.28. The van der Waals surface area contributed by atoms with Crippen molar-refractivity contribution in [3.63, 3.8) is 0 Å². The van der Waals surface area contributed by atoms with Crippen molar-refractivity contribution in [1.29, 1.82) is 0 Å². The molecule has 0 saturated heterocycles. The van der Waals surface area contributed by atoms with Crippen molar-refractivity contribution in [3.8, 4) is 0 Å². The first kappa shape index (κ1) is 30.6. The lowest BCUT2D eigenvalue weighted by Crippen LogP contribution is -2.14. The zero-order chi connectivity index (χ0) is 34.2. The van der Waals surface area contributed by atoms with Gasteiger partial charge in [-0.25, -0.2) is 0 Å². The molecule has 0 fully saturated rings. The molecule has 5 nitrogen and oxygen atoms in total. The Balaban J connectivity index is 1.16. The number of rotatable bonds is 4. The molecule has 0 N–H and O–H groups in total. The van der Waals surface area contributed by atoms with Crippen LogP contribution in [0.2, 0.25) is 0 Å². The average molecular weight is 644 g/mol. The van der Waals surface area contributed by atoms with Crippen LogP contribution in [0.5, 0.6) is 0 Å². The Morgan fingerprint density at radius 1 is 0.551 bits per heavy atom. The molecule has 0 radical (unpaired) electrons. The summed E-state index contributed by atoms with van der Waals surface area (Å²) in [7, 11) is 0. The Labute approximate surface area is 285 Å². The molecular formula is C44H37NO4. The molecular weight excluding hydrogens is 606 g/mol. The van der Waals surface area contributed by atoms with E-state index in [1.807, 2.05) is 36.4 Å². The van der Waals surface area contributed by atoms with Crippen LogP contribution >= 0.6 is 0 Å². The van der Waals surface area contributed by atoms with Crippen molar-refractivity contribution in [2.24, 2.45) is 0 Å². The largest absolute Gasteiger partial charge is 0.452 e. The van der Waals surface area contributed by atoms with Gasteiger partial charge in [0.05, 0.1) is 11.0 Å². The first-order valence-corrected chi connectivity index (χ1v) is 16.7. The van der Waals surface area contributed by atoms with Gasteiger partial charge in [-0.15, -0.1) is 0 Å². The quantitative estimate of drug-likeness (QED) is 0.141. The molecule has 0 atom stereocenters. The summed E-state index contributed by atoms with van der Waals surface area (Å²) in [6, 6.07) is 36.6. The Bertz CT molecular complexity index is 2360. The highest BCUT2D eigenvalue weighted by atomic mass is 16.4. The number of carbonyl (C=O) groups excluding carboxylic acids is 2. The summed E-state index contributed by atoms with van der Waals surface area (Å²) in [5.41, 5.74) is 8.41. The van der Waals surface area contributed by atoms with Crippen molar-refractivity contribution in [3.05, 3.63) is 143 Å². The number of hydrogen-bond donors (Lipinski definition) is 0. The molecule has 0 amide bonds. The predicted molar refractivity (Wildman–Crippen MR) is 199 cm³/mol. The van der Waals surface area contributed by atoms with Crippen LogP contribution < -0.4 is 4.90 Å². The molecule has 7 aromatic rings. The maximum atomic E-state index is 13.3. The number of nitrogens with zero attached hydrogens (tertiary/aromatic N) is 1. The van der Waals surface area contributed by atoms with Crippen molar-refractivity contribution in [2.75, 3.05) is 4.90 Å². The molecule has 0 spiro atoms. The number of benzene rings is 5. The van der Waals surface area contributed by atoms with E-state index in [4.69, 9.17) is 8.83 Å². The summed E-state index contributed by atoms with van der Waals surface area (Å²) in [4.78, 5) is 28.9. The molecule has 0 aliphatic heterocycles. The molecule has 49 heavy (non-hydrogen) atoms. The Kier molecular flexibility index (Phi) is 6.83. The molecule has 1 aliphatic carbocycles. The van der Waals surface area contributed by atoms with Gasteiger partial charge in [0.2, 0.25) is 0 Å². The summed E-state index contributed by atoms with van der Waals surface area (Å²) in [6.07, 6.45) is 1.54. The molecule has 0 unspecified atom stereocenters. The van der Waals surface area contributed by atoms with E-state index in [0.717, 1.165) is 33.2 Å². The third-order valence-electron chi connectivity index (χ3n) is 9.54. The van der Waals surface area contributed by atoms with Crippen LogP contribution in [0.1, 0.15) is 79.1 Å². The minimum absolute atomic E-state index is 0.0463. The lowest BCUT2D eigenvalue weighted by molar-refractivity contribution is 0.0990. The summed E-state index contributed by atoms with van der Waals surface area (Å²) in [5.74, 6) is -0.188. The third-order valence-corrected chi connectivity index (χ3v) is 9.54. The van der Waals surface area contributed by atoms with Crippen LogP contribution in [0.15, 0.2) is 124 Å². The van der Waals surface area contributed by atoms with Gasteiger partial charge in [-0.3, -0.25) is 9.59 Å². The number of hydrogen-bond acceptors (Lipinski definition) is 5. The average Bonchev–Trinajstić information content (AvgIpc) is 3.69. The fraction of sp³-hybridized carbons (Fsp3) is 0.182. The zero-order valence-electron chi connectivity index (χ0n) is 28.5. The summed E-state index contributed by atoms with van der Waals surface area (Å²) in [5, 5.41) is 2.66. The topological polar surface area (TPSA) is 63.7 Å². The van der Waals surface area contributed by atoms with E-state index in [1.54, 1.807) is 18.2 Å². The van der Waals surface area contributed by atoms with Gasteiger partial charge in [0, 0.05) is 40.3 Å². The summed E-state index contributed by atoms with van der Waals surface area (Å²) >= 11 is 0. The number of Topliss-reactive ketones (excluding diaryl/α,β-unsaturated/α-hetero) is 2. The van der Waals surface area contributed by atoms with E-state index >= 15 is 0 Å². The van der Waals surface area contributed by atoms with Crippen molar-refractivity contribution in [1.82, 2.24) is 0 Å². The molecule has 2 aromatic heterocycles. The van der Waals surface area contributed by atoms with E-state index in [-0.39, 0.29) is 28.0 Å². The normalized spacial score (nSPS) is 13.6. The highest BCUT2D eigenvalue weighted by molar-refractivity contribution is 6.42. The molecule has 2 heterocycles. The standard InChI is InChI=1S/C44H37NO4/c1-43(2,3)28-11-15-30(16-12-28)45(31-17-13-29(14-18-31)44(4,5)6)32-19-20-34-38(23-32)49-39-25-33(48-42(34)39)24-37-40(46)35-21-26-9-7-8-10-27(26)22-36(35)41(37)47/h7-25H,1-6H3. The molecule has 0 bridgehead atoms. The zero-order valence-corrected chi connectivity index (χ0v) is 28.5. The van der Waals surface area contributed by atoms with Gasteiger partial charge in [0.25, 0.3) is 0 Å². The molecule has 0 saturated carbocycles. The van der Waals surface area contributed by atoms with Crippen LogP contribution in [0.25, 0.3) is 39.0 Å². The van der Waals surface area contributed by atoms with Gasteiger partial charge in [0.15, 0.2) is 22.7 Å². The Hall–Kier alpha value is -5.68. The van der Waals surface area contributed by atoms with E-state index in [2.05, 4.69) is 101 Å². The van der Waals surface area contributed by atoms with E-state index in [9.17, 15) is 9.59 Å². The summed E-state index contributed by atoms with van der Waals surface area (Å²) < 4.78 is 12.6. The first-order valence-electron chi connectivity index (χ1n) is 16.7. The first-order chi connectivity index (χ1) is 23.3. The van der Waals surface area contributed by atoms with Gasteiger partial charge < -0.3 is 13.7 Å². The highest BCUT2D eigenvalue weighted by Gasteiger charge is 2.34. The van der Waals surface area contributed by atoms with Crippen LogP contribution in [0.3, 0.4) is 0 Å². The van der Waals surface area contributed by atoms with Gasteiger partial charge >= 0.3 is 0 Å². The minimum atomic E-state index is -0.292. The number of allylic oxidation sites excluding steroid dienone is 1. The highest BCUT2D eigenvalue weighted by Crippen LogP contribution is 2.41. The van der Waals surface area contributed by atoms with Gasteiger partial charge in [-0.05, 0) is 87.3 Å². The predicted octanol–water partition coefficient (Wildman–Crippen LogP) is 11.9. The lowest BCUT2D eigenvalue weighted by atomic mass is 9.86. The number of ketones is 2. The molecule has 5 aromatic carbocycles. The van der Waals surface area contributed by atoms with Gasteiger partial charge in [0.1, 0.15) is 11.3 Å². The van der Waals surface area contributed by atoms with E-state index in [1.165, 1.54) is 17.2 Å². The maximum absolute atomic E-state index is 13.3. The molecule has 242 valence electrons. The Morgan fingerprint density at radius 2 is 1.06 bits per heavy atom. The van der Waals surface area contributed by atoms with Crippen LogP contribution in [0.4, 0.5) is 17.1 Å². The van der Waals surface area contributed by atoms with Gasteiger partial charge in [-0.2, -0.15) is 0 Å². The number of carbonyl (C=O) groups is 2. The molecule has 5 heteroatoms. The van der Waals surface area contributed by atoms with Crippen molar-refractivity contribution in [2.45, 2.75) is 52.4 Å². The molecule has 1 aliphatic rings. The van der Waals surface area contributed by atoms with Crippen molar-refractivity contribution < 1.29 is 18.4 Å². The second-order valence-electron chi connectivity index (χ2n) is 15.0. The van der Waals surface area contributed by atoms with Crippen molar-refractivity contribution >= 4 is 67.6 Å². The second-order valence-corrected chi connectivity index (χ2v) is 15.0. The minimum Gasteiger partial charge on any atom is -0.452 e. The smallest absolute Gasteiger partial charge is 0.197 e. The second kappa shape index (κ2) is 10.9. The van der Waals surface area contributed by atoms with E-state index < -0.39 is 0 Å². The maximum Gasteiger partial charge on any atom is 0.197 e. The summed E-state index contributed by atoms with van der Waals surface area (Å²) in [6.45, 7) is 13.3.